The van der Waals surface area contributed by atoms with Crippen LogP contribution < -0.4 is 5.73 Å². The van der Waals surface area contributed by atoms with Crippen LogP contribution in [-0.2, 0) is 12.8 Å². The molecule has 0 radical (unpaired) electrons. The zero-order valence-corrected chi connectivity index (χ0v) is 37.6. The maximum atomic E-state index is 9.70. The van der Waals surface area contributed by atoms with Crippen LogP contribution in [-0.4, -0.2) is 21.2 Å². The van der Waals surface area contributed by atoms with Gasteiger partial charge in [-0.2, -0.15) is 10.5 Å². The Morgan fingerprint density at radius 1 is 0.731 bits per heavy atom. The van der Waals surface area contributed by atoms with Crippen molar-refractivity contribution in [2.75, 3.05) is 0 Å². The molecule has 7 heteroatoms. The number of hydrogen-bond acceptors (Lipinski definition) is 4. The standard InChI is InChI=1S/C60H49N7/c1-39-50-27-25-46(34-54(50)51-23-15-29-64-56(51)36-53(39)48-21-14-20-45(33-48)49-31-41(37-61)30-42(32-49)38-62)47-26-28-58-55(35-47)52-22-12-4-3-5-13-24-57(52)67(58)40(2)65-60(44-18-10-7-11-19-44)66-59(63)43-16-8-6-9-17-43/h3-4,6-12,14-23,25-35,39-40,53H,5,13,24,36H2,1-2H3,(H2,63,65,66)/b4-3+,22-12?. The fraction of sp³-hybridized carbons (Fsp3) is 0.150. The molecule has 2 aliphatic rings. The highest BCUT2D eigenvalue weighted by Gasteiger charge is 2.30. The van der Waals surface area contributed by atoms with Gasteiger partial charge in [0.1, 0.15) is 12.0 Å². The van der Waals surface area contributed by atoms with Crippen LogP contribution in [0.25, 0.3) is 50.4 Å². The molecule has 2 aromatic heterocycles. The minimum atomic E-state index is -0.286. The van der Waals surface area contributed by atoms with Gasteiger partial charge in [0.25, 0.3) is 0 Å². The molecule has 0 aliphatic heterocycles. The van der Waals surface area contributed by atoms with Gasteiger partial charge in [-0.25, -0.2) is 9.98 Å². The quantitative estimate of drug-likeness (QED) is 0.127. The molecule has 324 valence electrons. The summed E-state index contributed by atoms with van der Waals surface area (Å²) in [5, 5.41) is 20.6. The van der Waals surface area contributed by atoms with Crippen molar-refractivity contribution in [3.8, 4) is 45.5 Å². The van der Waals surface area contributed by atoms with E-state index in [1.807, 2.05) is 85.1 Å². The van der Waals surface area contributed by atoms with Gasteiger partial charge in [-0.15, -0.1) is 0 Å². The number of nitrogens with zero attached hydrogens (tertiary/aromatic N) is 6. The van der Waals surface area contributed by atoms with Crippen LogP contribution in [0.1, 0.15) is 95.0 Å². The van der Waals surface area contributed by atoms with Crippen molar-refractivity contribution in [3.05, 3.63) is 226 Å². The largest absolute Gasteiger partial charge is 0.383 e. The second-order valence-electron chi connectivity index (χ2n) is 17.5. The molecule has 2 N–H and O–H groups in total. The summed E-state index contributed by atoms with van der Waals surface area (Å²) in [7, 11) is 0. The third-order valence-electron chi connectivity index (χ3n) is 13.4. The number of aromatic nitrogens is 2. The number of benzene rings is 6. The molecule has 0 fully saturated rings. The molecule has 67 heavy (non-hydrogen) atoms. The lowest BCUT2D eigenvalue weighted by atomic mass is 9.79. The van der Waals surface area contributed by atoms with E-state index in [1.165, 1.54) is 33.3 Å². The maximum Gasteiger partial charge on any atom is 0.159 e. The molecule has 6 aromatic carbocycles. The van der Waals surface area contributed by atoms with Gasteiger partial charge in [0.05, 0.1) is 28.8 Å². The van der Waals surface area contributed by atoms with Gasteiger partial charge in [-0.3, -0.25) is 4.98 Å². The third-order valence-corrected chi connectivity index (χ3v) is 13.4. The van der Waals surface area contributed by atoms with E-state index >= 15 is 0 Å². The number of nitrogens with two attached hydrogens (primary N) is 1. The van der Waals surface area contributed by atoms with Gasteiger partial charge >= 0.3 is 0 Å². The normalized spacial score (nSPS) is 16.8. The second kappa shape index (κ2) is 18.6. The van der Waals surface area contributed by atoms with Gasteiger partial charge in [0, 0.05) is 45.2 Å². The SMILES string of the molecule is CC1c2ccc(-c3ccc4c(c3)c3c(n4C(C)N=C(N=C(N)c4ccccc4)c4ccccc4)CCC/C=C/C=C3)cc2-c2cccnc2CC1c1cccc(-c2cc(C#N)cc(C#N)c2)c1. The molecule has 2 aliphatic carbocycles. The van der Waals surface area contributed by atoms with Crippen LogP contribution in [0.4, 0.5) is 0 Å². The molecule has 0 amide bonds. The summed E-state index contributed by atoms with van der Waals surface area (Å²) < 4.78 is 2.40. The molecular weight excluding hydrogens is 819 g/mol. The first kappa shape index (κ1) is 42.6. The van der Waals surface area contributed by atoms with E-state index in [-0.39, 0.29) is 18.0 Å². The highest BCUT2D eigenvalue weighted by molar-refractivity contribution is 6.11. The first-order chi connectivity index (χ1) is 32.9. The van der Waals surface area contributed by atoms with Crippen molar-refractivity contribution in [2.24, 2.45) is 15.7 Å². The lowest BCUT2D eigenvalue weighted by molar-refractivity contribution is 0.564. The molecule has 10 rings (SSSR count). The van der Waals surface area contributed by atoms with Crippen LogP contribution in [0.2, 0.25) is 0 Å². The molecule has 8 aromatic rings. The van der Waals surface area contributed by atoms with E-state index in [9.17, 15) is 10.5 Å². The van der Waals surface area contributed by atoms with Crippen molar-refractivity contribution < 1.29 is 0 Å². The predicted octanol–water partition coefficient (Wildman–Crippen LogP) is 13.5. The average molecular weight is 868 g/mol. The van der Waals surface area contributed by atoms with Crippen LogP contribution in [0.3, 0.4) is 0 Å². The van der Waals surface area contributed by atoms with Crippen LogP contribution >= 0.6 is 0 Å². The Labute approximate surface area is 392 Å². The molecule has 0 saturated carbocycles. The number of fused-ring (bicyclic) bond motifs is 6. The van der Waals surface area contributed by atoms with Crippen LogP contribution in [0.5, 0.6) is 0 Å². The number of nitriles is 2. The molecule has 0 bridgehead atoms. The number of aliphatic imine (C=N–C) groups is 2. The monoisotopic (exact) mass is 867 g/mol. The Hall–Kier alpha value is -8.39. The minimum Gasteiger partial charge on any atom is -0.383 e. The zero-order valence-electron chi connectivity index (χ0n) is 37.6. The van der Waals surface area contributed by atoms with Gasteiger partial charge in [-0.1, -0.05) is 140 Å². The van der Waals surface area contributed by atoms with Crippen molar-refractivity contribution >= 4 is 28.7 Å². The van der Waals surface area contributed by atoms with E-state index in [2.05, 4.69) is 122 Å². The summed E-state index contributed by atoms with van der Waals surface area (Å²) in [6.07, 6.45) is 14.2. The first-order valence-corrected chi connectivity index (χ1v) is 23.0. The number of allylic oxidation sites excluding steroid dienone is 3. The summed E-state index contributed by atoms with van der Waals surface area (Å²) in [5.74, 6) is 1.32. The van der Waals surface area contributed by atoms with Crippen LogP contribution in [0, 0.1) is 22.7 Å². The van der Waals surface area contributed by atoms with Gasteiger partial charge in [-0.05, 0) is 126 Å². The fourth-order valence-electron chi connectivity index (χ4n) is 10.0. The highest BCUT2D eigenvalue weighted by atomic mass is 15.2. The molecule has 3 unspecified atom stereocenters. The number of amidine groups is 2. The maximum absolute atomic E-state index is 9.70. The number of rotatable bonds is 7. The Kier molecular flexibility index (Phi) is 11.8. The lowest BCUT2D eigenvalue weighted by Crippen LogP contribution is -2.17. The van der Waals surface area contributed by atoms with E-state index in [1.54, 1.807) is 6.07 Å². The van der Waals surface area contributed by atoms with Gasteiger partial charge in [0.2, 0.25) is 0 Å². The predicted molar refractivity (Wildman–Crippen MR) is 273 cm³/mol. The summed E-state index contributed by atoms with van der Waals surface area (Å²) in [4.78, 5) is 15.3. The fourth-order valence-corrected chi connectivity index (χ4v) is 10.0. The average Bonchev–Trinajstić information content (AvgIpc) is 3.69. The van der Waals surface area contributed by atoms with E-state index < -0.39 is 0 Å². The number of hydrogen-bond donors (Lipinski definition) is 1. The molecule has 0 saturated heterocycles. The number of pyridine rings is 1. The molecule has 3 atom stereocenters. The highest BCUT2D eigenvalue weighted by Crippen LogP contribution is 2.47. The molecule has 0 spiro atoms. The minimum absolute atomic E-state index is 0.142. The van der Waals surface area contributed by atoms with Crippen LogP contribution in [0.15, 0.2) is 186 Å². The summed E-state index contributed by atoms with van der Waals surface area (Å²) in [6, 6.07) is 56.4. The van der Waals surface area contributed by atoms with Crippen molar-refractivity contribution in [3.63, 3.8) is 0 Å². The van der Waals surface area contributed by atoms with Crippen molar-refractivity contribution in [1.29, 1.82) is 10.5 Å². The summed E-state index contributed by atoms with van der Waals surface area (Å²) in [5.41, 5.74) is 23.0. The topological polar surface area (TPSA) is 116 Å². The van der Waals surface area contributed by atoms with Crippen molar-refractivity contribution in [2.45, 2.75) is 57.5 Å². The van der Waals surface area contributed by atoms with E-state index in [0.29, 0.717) is 22.8 Å². The van der Waals surface area contributed by atoms with Crippen molar-refractivity contribution in [1.82, 2.24) is 9.55 Å². The Morgan fingerprint density at radius 2 is 1.46 bits per heavy atom. The third kappa shape index (κ3) is 8.52. The second-order valence-corrected chi connectivity index (χ2v) is 17.5. The van der Waals surface area contributed by atoms with Gasteiger partial charge in [0.15, 0.2) is 5.84 Å². The smallest absolute Gasteiger partial charge is 0.159 e. The Balaban J connectivity index is 1.06. The summed E-state index contributed by atoms with van der Waals surface area (Å²) in [6.45, 7) is 4.48. The van der Waals surface area contributed by atoms with E-state index in [4.69, 9.17) is 20.7 Å². The van der Waals surface area contributed by atoms with Gasteiger partial charge < -0.3 is 10.3 Å². The van der Waals surface area contributed by atoms with E-state index in [0.717, 1.165) is 75.8 Å². The molecule has 2 heterocycles. The molecule has 7 nitrogen and oxygen atoms in total. The first-order valence-electron chi connectivity index (χ1n) is 23.0. The summed E-state index contributed by atoms with van der Waals surface area (Å²) >= 11 is 0. The molecular formula is C60H49N7. The lowest BCUT2D eigenvalue weighted by Gasteiger charge is -2.24. The Bertz CT molecular complexity index is 3340. The Morgan fingerprint density at radius 3 is 2.24 bits per heavy atom. The zero-order chi connectivity index (χ0) is 45.9.